The first kappa shape index (κ1) is 12.8. The molecule has 1 amide bonds. The molecule has 1 heterocycles. The van der Waals surface area contributed by atoms with Crippen LogP contribution in [0.1, 0.15) is 31.2 Å². The van der Waals surface area contributed by atoms with E-state index in [1.807, 2.05) is 0 Å². The number of nitrogen functional groups attached to an aromatic ring is 1. The summed E-state index contributed by atoms with van der Waals surface area (Å²) in [6.45, 7) is 0.272. The van der Waals surface area contributed by atoms with E-state index in [1.54, 1.807) is 0 Å². The van der Waals surface area contributed by atoms with Gasteiger partial charge in [0.1, 0.15) is 5.82 Å². The van der Waals surface area contributed by atoms with Gasteiger partial charge in [-0.05, 0) is 12.8 Å². The molecule has 0 saturated heterocycles. The van der Waals surface area contributed by atoms with Crippen LogP contribution in [-0.2, 0) is 11.3 Å². The van der Waals surface area contributed by atoms with Gasteiger partial charge >= 0.3 is 0 Å². The molecule has 1 aromatic heterocycles. The summed E-state index contributed by atoms with van der Waals surface area (Å²) in [4.78, 5) is 11.8. The Balaban J connectivity index is 1.81. The fourth-order valence-electron chi connectivity index (χ4n) is 2.09. The molecule has 1 aliphatic carbocycles. The molecule has 2 rings (SSSR count). The largest absolute Gasteiger partial charge is 0.384 e. The van der Waals surface area contributed by atoms with E-state index in [0.717, 1.165) is 0 Å². The highest BCUT2D eigenvalue weighted by atomic mass is 19.3. The number of carbonyl (C=O) groups is 1. The van der Waals surface area contributed by atoms with Gasteiger partial charge in [0.25, 0.3) is 0 Å². The summed E-state index contributed by atoms with van der Waals surface area (Å²) in [6.07, 6.45) is 1.59. The van der Waals surface area contributed by atoms with Crippen molar-refractivity contribution in [1.82, 2.24) is 15.5 Å². The van der Waals surface area contributed by atoms with Crippen molar-refractivity contribution in [2.24, 2.45) is 5.92 Å². The van der Waals surface area contributed by atoms with E-state index < -0.39 is 5.92 Å². The number of rotatable bonds is 3. The average molecular weight is 258 g/mol. The lowest BCUT2D eigenvalue weighted by molar-refractivity contribution is -0.129. The zero-order valence-electron chi connectivity index (χ0n) is 9.88. The topological polar surface area (TPSA) is 83.8 Å². The van der Waals surface area contributed by atoms with Crippen LogP contribution < -0.4 is 11.1 Å². The molecule has 7 heteroatoms. The van der Waals surface area contributed by atoms with Crippen LogP contribution in [0, 0.1) is 5.92 Å². The van der Waals surface area contributed by atoms with Crippen LogP contribution in [0.3, 0.4) is 0 Å². The number of halogens is 2. The van der Waals surface area contributed by atoms with Crippen LogP contribution >= 0.6 is 0 Å². The Morgan fingerprint density at radius 1 is 1.56 bits per heavy atom. The number of anilines is 1. The van der Waals surface area contributed by atoms with Crippen LogP contribution in [0.25, 0.3) is 0 Å². The average Bonchev–Trinajstić information content (AvgIpc) is 2.72. The Kier molecular flexibility index (Phi) is 3.49. The number of nitrogens with one attached hydrogen (secondary N) is 2. The third-order valence-electron chi connectivity index (χ3n) is 3.29. The molecular weight excluding hydrogens is 242 g/mol. The van der Waals surface area contributed by atoms with Crippen molar-refractivity contribution in [1.29, 1.82) is 0 Å². The molecule has 1 fully saturated rings. The van der Waals surface area contributed by atoms with Crippen molar-refractivity contribution in [3.05, 3.63) is 11.8 Å². The van der Waals surface area contributed by atoms with Gasteiger partial charge in [-0.2, -0.15) is 5.10 Å². The van der Waals surface area contributed by atoms with Gasteiger partial charge in [0.15, 0.2) is 0 Å². The molecular formula is C11H16F2N4O. The van der Waals surface area contributed by atoms with Gasteiger partial charge in [-0.25, -0.2) is 8.78 Å². The van der Waals surface area contributed by atoms with Crippen LogP contribution in [0.15, 0.2) is 6.20 Å². The van der Waals surface area contributed by atoms with Crippen molar-refractivity contribution in [2.45, 2.75) is 38.2 Å². The highest BCUT2D eigenvalue weighted by Gasteiger charge is 2.37. The maximum absolute atomic E-state index is 12.9. The Morgan fingerprint density at radius 3 is 2.78 bits per heavy atom. The molecule has 4 N–H and O–H groups in total. The van der Waals surface area contributed by atoms with Crippen molar-refractivity contribution < 1.29 is 13.6 Å². The summed E-state index contributed by atoms with van der Waals surface area (Å²) in [5, 5.41) is 8.99. The summed E-state index contributed by atoms with van der Waals surface area (Å²) in [6, 6.07) is 0. The predicted octanol–water partition coefficient (Wildman–Crippen LogP) is 1.43. The minimum absolute atomic E-state index is 0.189. The summed E-state index contributed by atoms with van der Waals surface area (Å²) < 4.78 is 25.9. The maximum atomic E-state index is 12.9. The van der Waals surface area contributed by atoms with Gasteiger partial charge in [-0.15, -0.1) is 0 Å². The Hall–Kier alpha value is -1.66. The molecule has 0 bridgehead atoms. The second-order valence-electron chi connectivity index (χ2n) is 4.66. The molecule has 0 unspecified atom stereocenters. The smallest absolute Gasteiger partial charge is 0.248 e. The molecule has 0 atom stereocenters. The molecule has 0 radical (unpaired) electrons. The van der Waals surface area contributed by atoms with Gasteiger partial charge in [0.2, 0.25) is 11.8 Å². The number of aromatic nitrogens is 2. The molecule has 1 aromatic rings. The highest BCUT2D eigenvalue weighted by Crippen LogP contribution is 2.36. The molecule has 5 nitrogen and oxygen atoms in total. The second-order valence-corrected chi connectivity index (χ2v) is 4.66. The zero-order chi connectivity index (χ0) is 13.2. The minimum atomic E-state index is -2.61. The zero-order valence-corrected chi connectivity index (χ0v) is 9.88. The molecule has 1 saturated carbocycles. The molecule has 0 aromatic carbocycles. The fourth-order valence-corrected chi connectivity index (χ4v) is 2.09. The summed E-state index contributed by atoms with van der Waals surface area (Å²) in [5.74, 6) is -2.71. The quantitative estimate of drug-likeness (QED) is 0.767. The molecule has 1 aliphatic rings. The van der Waals surface area contributed by atoms with E-state index >= 15 is 0 Å². The van der Waals surface area contributed by atoms with Crippen molar-refractivity contribution in [3.63, 3.8) is 0 Å². The number of carbonyl (C=O) groups excluding carboxylic acids is 1. The maximum Gasteiger partial charge on any atom is 0.248 e. The van der Waals surface area contributed by atoms with E-state index in [-0.39, 0.29) is 44.1 Å². The number of H-pyrrole nitrogens is 1. The minimum Gasteiger partial charge on any atom is -0.384 e. The first-order valence-electron chi connectivity index (χ1n) is 5.91. The van der Waals surface area contributed by atoms with E-state index in [4.69, 9.17) is 5.73 Å². The number of amides is 1. The van der Waals surface area contributed by atoms with Gasteiger partial charge in [-0.3, -0.25) is 9.89 Å². The van der Waals surface area contributed by atoms with Crippen molar-refractivity contribution >= 4 is 11.7 Å². The summed E-state index contributed by atoms with van der Waals surface area (Å²) in [5.41, 5.74) is 6.27. The van der Waals surface area contributed by atoms with E-state index in [2.05, 4.69) is 15.5 Å². The number of nitrogens with two attached hydrogens (primary N) is 1. The van der Waals surface area contributed by atoms with Gasteiger partial charge < -0.3 is 11.1 Å². The lowest BCUT2D eigenvalue weighted by Crippen LogP contribution is -2.35. The van der Waals surface area contributed by atoms with E-state index in [9.17, 15) is 13.6 Å². The van der Waals surface area contributed by atoms with Crippen LogP contribution in [0.5, 0.6) is 0 Å². The summed E-state index contributed by atoms with van der Waals surface area (Å²) >= 11 is 0. The van der Waals surface area contributed by atoms with Crippen LogP contribution in [0.2, 0.25) is 0 Å². The van der Waals surface area contributed by atoms with Gasteiger partial charge in [-0.1, -0.05) is 0 Å². The summed E-state index contributed by atoms with van der Waals surface area (Å²) in [7, 11) is 0. The van der Waals surface area contributed by atoms with Crippen LogP contribution in [-0.4, -0.2) is 22.0 Å². The highest BCUT2D eigenvalue weighted by molar-refractivity contribution is 5.78. The van der Waals surface area contributed by atoms with E-state index in [0.29, 0.717) is 11.4 Å². The van der Waals surface area contributed by atoms with Gasteiger partial charge in [0.05, 0.1) is 6.20 Å². The lowest BCUT2D eigenvalue weighted by Gasteiger charge is -2.27. The fraction of sp³-hybridized carbons (Fsp3) is 0.636. The number of alkyl halides is 2. The monoisotopic (exact) mass is 258 g/mol. The number of aromatic amines is 1. The van der Waals surface area contributed by atoms with Crippen molar-refractivity contribution in [2.75, 3.05) is 5.73 Å². The second kappa shape index (κ2) is 4.91. The Bertz CT molecular complexity index is 422. The third kappa shape index (κ3) is 2.96. The number of nitrogens with zero attached hydrogens (tertiary/aromatic N) is 1. The van der Waals surface area contributed by atoms with Crippen molar-refractivity contribution in [3.8, 4) is 0 Å². The third-order valence-corrected chi connectivity index (χ3v) is 3.29. The first-order valence-corrected chi connectivity index (χ1v) is 5.91. The predicted molar refractivity (Wildman–Crippen MR) is 61.8 cm³/mol. The molecule has 0 aliphatic heterocycles. The first-order chi connectivity index (χ1) is 8.48. The molecule has 100 valence electrons. The van der Waals surface area contributed by atoms with E-state index in [1.165, 1.54) is 6.20 Å². The normalized spacial score (nSPS) is 19.7. The molecule has 18 heavy (non-hydrogen) atoms. The Morgan fingerprint density at radius 2 is 2.22 bits per heavy atom. The van der Waals surface area contributed by atoms with Gasteiger partial charge in [0, 0.05) is 30.9 Å². The Labute approximate surface area is 103 Å². The standard InChI is InChI=1S/C11H16F2N4O/c12-11(13)3-1-7(2-4-11)10(18)15-5-8-6-16-17-9(8)14/h6-7H,1-5H2,(H,15,18)(H3,14,16,17). The lowest BCUT2D eigenvalue weighted by atomic mass is 9.86. The van der Waals surface area contributed by atoms with Crippen LogP contribution in [0.4, 0.5) is 14.6 Å². The SMILES string of the molecule is Nc1[nH]ncc1CNC(=O)C1CCC(F)(F)CC1. The molecule has 0 spiro atoms. The number of hydrogen-bond donors (Lipinski definition) is 3. The number of hydrogen-bond acceptors (Lipinski definition) is 3.